The third-order valence-corrected chi connectivity index (χ3v) is 6.15. The number of carbonyl (C=O) groups excluding carboxylic acids is 1. The summed E-state index contributed by atoms with van der Waals surface area (Å²) in [6, 6.07) is 0.813. The molecule has 0 aromatic rings. The van der Waals surface area contributed by atoms with Gasteiger partial charge in [-0.3, -0.25) is 19.9 Å². The molecule has 3 atom stereocenters. The van der Waals surface area contributed by atoms with Gasteiger partial charge >= 0.3 is 5.97 Å². The number of hydrogen-bond acceptors (Lipinski definition) is 5. The number of hydrogen-bond donors (Lipinski definition) is 1. The monoisotopic (exact) mass is 329 g/mol. The summed E-state index contributed by atoms with van der Waals surface area (Å²) in [5.74, 6) is 0.583. The van der Waals surface area contributed by atoms with Gasteiger partial charge in [0.1, 0.15) is 6.04 Å². The molecule has 5 nitrogen and oxygen atoms in total. The van der Waals surface area contributed by atoms with E-state index in [2.05, 4.69) is 22.2 Å². The fourth-order valence-electron chi connectivity index (χ4n) is 4.30. The smallest absolute Gasteiger partial charge is 0.323 e. The van der Waals surface area contributed by atoms with Crippen molar-refractivity contribution < 1.29 is 9.53 Å². The maximum atomic E-state index is 12.2. The van der Waals surface area contributed by atoms with E-state index in [1.165, 1.54) is 20.0 Å². The highest BCUT2D eigenvalue weighted by molar-refractivity contribution is 6.20. The maximum absolute atomic E-state index is 12.2. The Morgan fingerprint density at radius 3 is 2.73 bits per heavy atom. The summed E-state index contributed by atoms with van der Waals surface area (Å²) < 4.78 is 5.06. The van der Waals surface area contributed by atoms with Crippen LogP contribution in [0.15, 0.2) is 0 Å². The van der Waals surface area contributed by atoms with E-state index < -0.39 is 0 Å². The lowest BCUT2D eigenvalue weighted by molar-refractivity contribution is -0.149. The molecular formula is C16H28ClN3O2. The van der Waals surface area contributed by atoms with Gasteiger partial charge in [-0.2, -0.15) is 0 Å². The van der Waals surface area contributed by atoms with Crippen molar-refractivity contribution in [1.82, 2.24) is 15.1 Å². The quantitative estimate of drug-likeness (QED) is 0.624. The van der Waals surface area contributed by atoms with E-state index in [4.69, 9.17) is 16.3 Å². The van der Waals surface area contributed by atoms with Gasteiger partial charge in [-0.25, -0.2) is 0 Å². The Bertz CT molecular complexity index is 401. The molecule has 0 amide bonds. The molecule has 1 N–H and O–H groups in total. The van der Waals surface area contributed by atoms with Crippen LogP contribution in [0.25, 0.3) is 0 Å². The second-order valence-electron chi connectivity index (χ2n) is 7.14. The largest absolute Gasteiger partial charge is 0.468 e. The zero-order valence-corrected chi connectivity index (χ0v) is 14.4. The van der Waals surface area contributed by atoms with E-state index in [0.29, 0.717) is 23.4 Å². The highest BCUT2D eigenvalue weighted by atomic mass is 35.5. The van der Waals surface area contributed by atoms with Gasteiger partial charge in [0.2, 0.25) is 0 Å². The molecule has 2 unspecified atom stereocenters. The minimum Gasteiger partial charge on any atom is -0.468 e. The molecule has 3 aliphatic rings. The van der Waals surface area contributed by atoms with Gasteiger partial charge in [0.25, 0.3) is 0 Å². The number of methoxy groups -OCH3 is 1. The van der Waals surface area contributed by atoms with E-state index in [1.54, 1.807) is 0 Å². The number of likely N-dealkylation sites (tertiary alicyclic amines) is 1. The molecule has 0 radical (unpaired) electrons. The van der Waals surface area contributed by atoms with Crippen LogP contribution in [0.5, 0.6) is 0 Å². The lowest BCUT2D eigenvalue weighted by Gasteiger charge is -2.43. The third kappa shape index (κ3) is 3.42. The molecule has 1 aliphatic carbocycles. The van der Waals surface area contributed by atoms with Crippen LogP contribution in [-0.4, -0.2) is 73.2 Å². The van der Waals surface area contributed by atoms with Crippen molar-refractivity contribution in [3.8, 4) is 0 Å². The Morgan fingerprint density at radius 1 is 1.32 bits per heavy atom. The second-order valence-corrected chi connectivity index (χ2v) is 7.76. The first-order valence-corrected chi connectivity index (χ1v) is 8.91. The highest BCUT2D eigenvalue weighted by Gasteiger charge is 2.44. The Balaban J connectivity index is 1.66. The van der Waals surface area contributed by atoms with Crippen molar-refractivity contribution in [2.75, 3.05) is 33.9 Å². The topological polar surface area (TPSA) is 44.8 Å². The Kier molecular flexibility index (Phi) is 5.28. The third-order valence-electron chi connectivity index (χ3n) is 5.72. The minimum absolute atomic E-state index is 0.0826. The van der Waals surface area contributed by atoms with E-state index in [9.17, 15) is 4.79 Å². The standard InChI is InChI=1S/C16H28ClN3O2/c1-19-10-18-13-7-14(16(21)22-2)20(9-15(13)19)8-11-3-5-12(17)6-4-11/h11-15,18H,3-10H2,1-2H3/t11?,12?,13?,14-,15?/m0/s1. The normalized spacial score (nSPS) is 40.4. The van der Waals surface area contributed by atoms with Crippen LogP contribution in [0, 0.1) is 5.92 Å². The molecule has 0 aromatic heterocycles. The number of nitrogens with one attached hydrogen (secondary N) is 1. The number of halogens is 1. The second kappa shape index (κ2) is 7.04. The number of nitrogens with zero attached hydrogens (tertiary/aromatic N) is 2. The lowest BCUT2D eigenvalue weighted by Crippen LogP contribution is -2.59. The van der Waals surface area contributed by atoms with Crippen LogP contribution in [0.3, 0.4) is 0 Å². The Hall–Kier alpha value is -0.360. The first-order chi connectivity index (χ1) is 10.6. The summed E-state index contributed by atoms with van der Waals surface area (Å²) in [7, 11) is 3.66. The van der Waals surface area contributed by atoms with Crippen LogP contribution >= 0.6 is 11.6 Å². The predicted molar refractivity (Wildman–Crippen MR) is 86.9 cm³/mol. The van der Waals surface area contributed by atoms with Crippen molar-refractivity contribution in [3.05, 3.63) is 0 Å². The van der Waals surface area contributed by atoms with Gasteiger partial charge in [0.15, 0.2) is 0 Å². The number of ether oxygens (including phenoxy) is 1. The SMILES string of the molecule is COC(=O)[C@@H]1CC2NCN(C)C2CN1CC1CCC(Cl)CC1. The number of fused-ring (bicyclic) bond motifs is 1. The van der Waals surface area contributed by atoms with Gasteiger partial charge in [-0.15, -0.1) is 11.6 Å². The molecule has 1 saturated carbocycles. The van der Waals surface area contributed by atoms with Gasteiger partial charge in [-0.05, 0) is 45.1 Å². The fourth-order valence-corrected chi connectivity index (χ4v) is 4.56. The van der Waals surface area contributed by atoms with Crippen molar-refractivity contribution in [3.63, 3.8) is 0 Å². The van der Waals surface area contributed by atoms with Crippen LogP contribution < -0.4 is 5.32 Å². The Morgan fingerprint density at radius 2 is 2.05 bits per heavy atom. The first-order valence-electron chi connectivity index (χ1n) is 8.48. The van der Waals surface area contributed by atoms with Crippen LogP contribution in [0.2, 0.25) is 0 Å². The van der Waals surface area contributed by atoms with Crippen LogP contribution in [-0.2, 0) is 9.53 Å². The van der Waals surface area contributed by atoms with Gasteiger partial charge < -0.3 is 4.74 Å². The zero-order valence-electron chi connectivity index (χ0n) is 13.6. The lowest BCUT2D eigenvalue weighted by atomic mass is 9.86. The van der Waals surface area contributed by atoms with Gasteiger partial charge in [-0.1, -0.05) is 0 Å². The molecule has 2 aliphatic heterocycles. The summed E-state index contributed by atoms with van der Waals surface area (Å²) in [5.41, 5.74) is 0. The van der Waals surface area contributed by atoms with Gasteiger partial charge in [0.05, 0.1) is 7.11 Å². The molecule has 22 heavy (non-hydrogen) atoms. The van der Waals surface area contributed by atoms with Crippen molar-refractivity contribution >= 4 is 17.6 Å². The molecule has 0 aromatic carbocycles. The van der Waals surface area contributed by atoms with Crippen LogP contribution in [0.1, 0.15) is 32.1 Å². The number of alkyl halides is 1. The van der Waals surface area contributed by atoms with Crippen molar-refractivity contribution in [2.45, 2.75) is 55.6 Å². The van der Waals surface area contributed by atoms with Crippen molar-refractivity contribution in [2.24, 2.45) is 5.92 Å². The molecule has 2 heterocycles. The molecule has 0 bridgehead atoms. The molecule has 3 fully saturated rings. The number of likely N-dealkylation sites (N-methyl/N-ethyl adjacent to an activating group) is 1. The van der Waals surface area contributed by atoms with Crippen molar-refractivity contribution in [1.29, 1.82) is 0 Å². The predicted octanol–water partition coefficient (Wildman–Crippen LogP) is 1.26. The number of esters is 1. The first kappa shape index (κ1) is 16.5. The number of carbonyl (C=O) groups is 1. The molecule has 2 saturated heterocycles. The average molecular weight is 330 g/mol. The highest BCUT2D eigenvalue weighted by Crippen LogP contribution is 2.31. The molecule has 0 spiro atoms. The number of rotatable bonds is 3. The minimum atomic E-state index is -0.0982. The summed E-state index contributed by atoms with van der Waals surface area (Å²) in [4.78, 5) is 16.9. The van der Waals surface area contributed by atoms with Gasteiger partial charge in [0, 0.05) is 37.2 Å². The maximum Gasteiger partial charge on any atom is 0.323 e. The molecule has 126 valence electrons. The summed E-state index contributed by atoms with van der Waals surface area (Å²) in [6.45, 7) is 2.86. The van der Waals surface area contributed by atoms with E-state index in [0.717, 1.165) is 39.0 Å². The number of piperidine rings is 1. The van der Waals surface area contributed by atoms with E-state index >= 15 is 0 Å². The summed E-state index contributed by atoms with van der Waals surface area (Å²) in [6.07, 6.45) is 5.43. The summed E-state index contributed by atoms with van der Waals surface area (Å²) >= 11 is 6.22. The zero-order chi connectivity index (χ0) is 15.7. The van der Waals surface area contributed by atoms with E-state index in [-0.39, 0.29) is 12.0 Å². The van der Waals surface area contributed by atoms with E-state index in [1.807, 2.05) is 0 Å². The molecule has 3 rings (SSSR count). The molecular weight excluding hydrogens is 302 g/mol. The molecule has 6 heteroatoms. The fraction of sp³-hybridized carbons (Fsp3) is 0.938. The van der Waals surface area contributed by atoms with Crippen LogP contribution in [0.4, 0.5) is 0 Å². The average Bonchev–Trinajstić information content (AvgIpc) is 2.89. The Labute approximate surface area is 138 Å². The summed E-state index contributed by atoms with van der Waals surface area (Å²) in [5, 5.41) is 3.87.